The van der Waals surface area contributed by atoms with E-state index in [4.69, 9.17) is 10.5 Å². The number of nitrogens with zero attached hydrogens (tertiary/aromatic N) is 1. The molecule has 1 fully saturated rings. The molecule has 1 aliphatic heterocycles. The molecule has 1 heterocycles. The highest BCUT2D eigenvalue weighted by Gasteiger charge is 2.25. The van der Waals surface area contributed by atoms with E-state index in [-0.39, 0.29) is 6.09 Å². The maximum atomic E-state index is 11.4. The number of anilines is 2. The van der Waals surface area contributed by atoms with Crippen molar-refractivity contribution in [2.75, 3.05) is 23.8 Å². The number of nitrogen functional groups attached to an aromatic ring is 1. The van der Waals surface area contributed by atoms with Gasteiger partial charge in [0.05, 0.1) is 12.2 Å². The highest BCUT2D eigenvalue weighted by Crippen LogP contribution is 2.27. The van der Waals surface area contributed by atoms with E-state index in [9.17, 15) is 4.79 Å². The van der Waals surface area contributed by atoms with Crippen LogP contribution in [0.2, 0.25) is 0 Å². The summed E-state index contributed by atoms with van der Waals surface area (Å²) in [7, 11) is 0. The number of nitrogens with two attached hydrogens (primary N) is 1. The molecule has 4 heteroatoms. The van der Waals surface area contributed by atoms with Crippen molar-refractivity contribution in [1.82, 2.24) is 0 Å². The minimum absolute atomic E-state index is 0.290. The second-order valence-electron chi connectivity index (χ2n) is 3.76. The molecule has 80 valence electrons. The van der Waals surface area contributed by atoms with Crippen LogP contribution in [0.4, 0.5) is 16.2 Å². The number of ether oxygens (including phenoxy) is 1. The molecule has 2 N–H and O–H groups in total. The molecule has 2 rings (SSSR count). The van der Waals surface area contributed by atoms with Crippen molar-refractivity contribution < 1.29 is 9.53 Å². The van der Waals surface area contributed by atoms with Gasteiger partial charge in [0.15, 0.2) is 0 Å². The van der Waals surface area contributed by atoms with E-state index in [1.165, 1.54) is 0 Å². The van der Waals surface area contributed by atoms with Gasteiger partial charge >= 0.3 is 6.09 Å². The Morgan fingerprint density at radius 1 is 1.33 bits per heavy atom. The lowest BCUT2D eigenvalue weighted by Crippen LogP contribution is -2.24. The summed E-state index contributed by atoms with van der Waals surface area (Å²) in [4.78, 5) is 13.0. The van der Waals surface area contributed by atoms with Gasteiger partial charge in [-0.2, -0.15) is 0 Å². The zero-order valence-electron chi connectivity index (χ0n) is 8.91. The summed E-state index contributed by atoms with van der Waals surface area (Å²) in [6, 6.07) is 3.81. The molecule has 0 unspecified atom stereocenters. The Hall–Kier alpha value is -1.71. The molecule has 1 aliphatic rings. The molecule has 4 nitrogen and oxygen atoms in total. The number of rotatable bonds is 1. The van der Waals surface area contributed by atoms with E-state index in [1.54, 1.807) is 4.90 Å². The van der Waals surface area contributed by atoms with Crippen LogP contribution in [0.1, 0.15) is 11.1 Å². The summed E-state index contributed by atoms with van der Waals surface area (Å²) >= 11 is 0. The molecule has 0 aromatic heterocycles. The number of amides is 1. The summed E-state index contributed by atoms with van der Waals surface area (Å²) in [6.07, 6.45) is -0.290. The summed E-state index contributed by atoms with van der Waals surface area (Å²) in [5, 5.41) is 0. The Morgan fingerprint density at radius 3 is 2.67 bits per heavy atom. The van der Waals surface area contributed by atoms with Crippen LogP contribution in [-0.4, -0.2) is 19.2 Å². The first-order chi connectivity index (χ1) is 7.09. The van der Waals surface area contributed by atoms with Crippen LogP contribution in [0, 0.1) is 13.8 Å². The average Bonchev–Trinajstić information content (AvgIpc) is 2.58. The largest absolute Gasteiger partial charge is 0.447 e. The van der Waals surface area contributed by atoms with Crippen LogP contribution < -0.4 is 10.6 Å². The van der Waals surface area contributed by atoms with Gasteiger partial charge < -0.3 is 10.5 Å². The highest BCUT2D eigenvalue weighted by atomic mass is 16.6. The normalized spacial score (nSPS) is 15.6. The molecule has 0 bridgehead atoms. The number of carbonyl (C=O) groups is 1. The molecule has 0 saturated carbocycles. The Kier molecular flexibility index (Phi) is 2.26. The third-order valence-electron chi connectivity index (χ3n) is 2.64. The second kappa shape index (κ2) is 3.46. The number of benzene rings is 1. The molecular weight excluding hydrogens is 192 g/mol. The van der Waals surface area contributed by atoms with Gasteiger partial charge in [-0.25, -0.2) is 4.79 Å². The topological polar surface area (TPSA) is 55.6 Å². The van der Waals surface area contributed by atoms with Gasteiger partial charge in [0, 0.05) is 5.69 Å². The van der Waals surface area contributed by atoms with Crippen molar-refractivity contribution in [2.24, 2.45) is 0 Å². The first-order valence-electron chi connectivity index (χ1n) is 4.90. The first-order valence-corrected chi connectivity index (χ1v) is 4.90. The SMILES string of the molecule is Cc1cc(C)c(N2CCOC2=O)cc1N. The van der Waals surface area contributed by atoms with Crippen molar-refractivity contribution in [3.05, 3.63) is 23.3 Å². The lowest BCUT2D eigenvalue weighted by atomic mass is 10.1. The number of aryl methyl sites for hydroxylation is 2. The minimum atomic E-state index is -0.290. The highest BCUT2D eigenvalue weighted by molar-refractivity contribution is 5.91. The fourth-order valence-electron chi connectivity index (χ4n) is 1.76. The number of cyclic esters (lactones) is 1. The monoisotopic (exact) mass is 206 g/mol. The van der Waals surface area contributed by atoms with E-state index >= 15 is 0 Å². The van der Waals surface area contributed by atoms with Crippen molar-refractivity contribution in [2.45, 2.75) is 13.8 Å². The Morgan fingerprint density at radius 2 is 2.07 bits per heavy atom. The molecule has 0 radical (unpaired) electrons. The molecule has 1 amide bonds. The third kappa shape index (κ3) is 1.63. The molecule has 0 spiro atoms. The zero-order valence-corrected chi connectivity index (χ0v) is 8.91. The van der Waals surface area contributed by atoms with Gasteiger partial charge in [0.2, 0.25) is 0 Å². The van der Waals surface area contributed by atoms with Gasteiger partial charge in [-0.15, -0.1) is 0 Å². The van der Waals surface area contributed by atoms with Crippen LogP contribution in [0.25, 0.3) is 0 Å². The quantitative estimate of drug-likeness (QED) is 0.713. The van der Waals surface area contributed by atoms with E-state index in [0.717, 1.165) is 16.8 Å². The molecule has 1 aromatic carbocycles. The van der Waals surface area contributed by atoms with Crippen LogP contribution >= 0.6 is 0 Å². The maximum absolute atomic E-state index is 11.4. The van der Waals surface area contributed by atoms with Crippen LogP contribution in [-0.2, 0) is 4.74 Å². The summed E-state index contributed by atoms with van der Waals surface area (Å²) < 4.78 is 4.89. The zero-order chi connectivity index (χ0) is 11.0. The molecular formula is C11H14N2O2. The smallest absolute Gasteiger partial charge is 0.414 e. The third-order valence-corrected chi connectivity index (χ3v) is 2.64. The molecule has 1 aromatic rings. The van der Waals surface area contributed by atoms with E-state index < -0.39 is 0 Å². The van der Waals surface area contributed by atoms with Gasteiger partial charge in [0.1, 0.15) is 6.61 Å². The predicted octanol–water partition coefficient (Wildman–Crippen LogP) is 1.84. The van der Waals surface area contributed by atoms with Gasteiger partial charge in [0.25, 0.3) is 0 Å². The van der Waals surface area contributed by atoms with Crippen molar-refractivity contribution in [3.63, 3.8) is 0 Å². The molecule has 0 aliphatic carbocycles. The van der Waals surface area contributed by atoms with E-state index in [0.29, 0.717) is 18.8 Å². The summed E-state index contributed by atoms with van der Waals surface area (Å²) in [5.74, 6) is 0. The minimum Gasteiger partial charge on any atom is -0.447 e. The fourth-order valence-corrected chi connectivity index (χ4v) is 1.76. The lowest BCUT2D eigenvalue weighted by molar-refractivity contribution is 0.181. The maximum Gasteiger partial charge on any atom is 0.414 e. The number of carbonyl (C=O) groups excluding carboxylic acids is 1. The summed E-state index contributed by atoms with van der Waals surface area (Å²) in [5.41, 5.74) is 9.45. The number of hydrogen-bond acceptors (Lipinski definition) is 3. The summed E-state index contributed by atoms with van der Waals surface area (Å²) in [6.45, 7) is 4.97. The van der Waals surface area contributed by atoms with Crippen LogP contribution in [0.15, 0.2) is 12.1 Å². The van der Waals surface area contributed by atoms with E-state index in [1.807, 2.05) is 26.0 Å². The molecule has 15 heavy (non-hydrogen) atoms. The van der Waals surface area contributed by atoms with E-state index in [2.05, 4.69) is 0 Å². The molecule has 1 saturated heterocycles. The van der Waals surface area contributed by atoms with Gasteiger partial charge in [-0.3, -0.25) is 4.90 Å². The van der Waals surface area contributed by atoms with Crippen molar-refractivity contribution in [1.29, 1.82) is 0 Å². The Balaban J connectivity index is 2.43. The Bertz CT molecular complexity index is 415. The van der Waals surface area contributed by atoms with Gasteiger partial charge in [-0.1, -0.05) is 6.07 Å². The fraction of sp³-hybridized carbons (Fsp3) is 0.364. The van der Waals surface area contributed by atoms with Crippen molar-refractivity contribution >= 4 is 17.5 Å². The van der Waals surface area contributed by atoms with Crippen molar-refractivity contribution in [3.8, 4) is 0 Å². The number of hydrogen-bond donors (Lipinski definition) is 1. The Labute approximate surface area is 88.6 Å². The van der Waals surface area contributed by atoms with Gasteiger partial charge in [-0.05, 0) is 31.0 Å². The van der Waals surface area contributed by atoms with Crippen LogP contribution in [0.3, 0.4) is 0 Å². The second-order valence-corrected chi connectivity index (χ2v) is 3.76. The molecule has 0 atom stereocenters. The van der Waals surface area contributed by atoms with Crippen LogP contribution in [0.5, 0.6) is 0 Å². The predicted molar refractivity (Wildman–Crippen MR) is 59.0 cm³/mol. The first kappa shape index (κ1) is 9.83. The lowest BCUT2D eigenvalue weighted by Gasteiger charge is -2.17. The average molecular weight is 206 g/mol. The standard InChI is InChI=1S/C11H14N2O2/c1-7-5-8(2)10(6-9(7)12)13-3-4-15-11(13)14/h5-6H,3-4,12H2,1-2H3.